The molecule has 1 aliphatic rings. The lowest BCUT2D eigenvalue weighted by Crippen LogP contribution is -2.57. The SMILES string of the molecule is O=C(Cc1cccc2ccccc12)NCC(=O)NC1(C(=O)O)CCOC1. The summed E-state index contributed by atoms with van der Waals surface area (Å²) < 4.78 is 5.09. The summed E-state index contributed by atoms with van der Waals surface area (Å²) in [5, 5.41) is 16.3. The number of fused-ring (bicyclic) bond motifs is 1. The third kappa shape index (κ3) is 3.83. The monoisotopic (exact) mass is 356 g/mol. The molecule has 7 heteroatoms. The third-order valence-electron chi connectivity index (χ3n) is 4.49. The summed E-state index contributed by atoms with van der Waals surface area (Å²) in [6, 6.07) is 13.5. The molecule has 3 rings (SSSR count). The summed E-state index contributed by atoms with van der Waals surface area (Å²) >= 11 is 0. The molecule has 136 valence electrons. The molecule has 1 saturated heterocycles. The molecule has 0 bridgehead atoms. The number of carbonyl (C=O) groups excluding carboxylic acids is 2. The van der Waals surface area contributed by atoms with E-state index in [9.17, 15) is 19.5 Å². The average Bonchev–Trinajstić information content (AvgIpc) is 3.10. The van der Waals surface area contributed by atoms with Crippen molar-refractivity contribution >= 4 is 28.6 Å². The number of hydrogen-bond acceptors (Lipinski definition) is 4. The van der Waals surface area contributed by atoms with Crippen LogP contribution in [0, 0.1) is 0 Å². The van der Waals surface area contributed by atoms with Gasteiger partial charge in [0.25, 0.3) is 0 Å². The van der Waals surface area contributed by atoms with Crippen molar-refractivity contribution in [3.8, 4) is 0 Å². The van der Waals surface area contributed by atoms with E-state index in [0.29, 0.717) is 0 Å². The topological polar surface area (TPSA) is 105 Å². The van der Waals surface area contributed by atoms with Crippen molar-refractivity contribution < 1.29 is 24.2 Å². The van der Waals surface area contributed by atoms with Crippen molar-refractivity contribution in [1.82, 2.24) is 10.6 Å². The van der Waals surface area contributed by atoms with Crippen molar-refractivity contribution in [2.24, 2.45) is 0 Å². The molecule has 26 heavy (non-hydrogen) atoms. The minimum Gasteiger partial charge on any atom is -0.479 e. The van der Waals surface area contributed by atoms with Crippen LogP contribution in [0.3, 0.4) is 0 Å². The Kier molecular flexibility index (Phi) is 5.18. The fourth-order valence-electron chi connectivity index (χ4n) is 3.06. The molecule has 1 unspecified atom stereocenters. The van der Waals surface area contributed by atoms with E-state index in [1.807, 2.05) is 42.5 Å². The maximum atomic E-state index is 12.2. The lowest BCUT2D eigenvalue weighted by Gasteiger charge is -2.23. The summed E-state index contributed by atoms with van der Waals surface area (Å²) in [6.07, 6.45) is 0.347. The van der Waals surface area contributed by atoms with E-state index >= 15 is 0 Å². The van der Waals surface area contributed by atoms with E-state index in [1.54, 1.807) is 0 Å². The molecular weight excluding hydrogens is 336 g/mol. The van der Waals surface area contributed by atoms with Crippen molar-refractivity contribution in [3.05, 3.63) is 48.0 Å². The van der Waals surface area contributed by atoms with Crippen molar-refractivity contribution in [3.63, 3.8) is 0 Å². The normalized spacial score (nSPS) is 19.2. The van der Waals surface area contributed by atoms with Crippen LogP contribution in [0.25, 0.3) is 10.8 Å². The highest BCUT2D eigenvalue weighted by Gasteiger charge is 2.43. The Balaban J connectivity index is 1.57. The minimum absolute atomic E-state index is 0.0714. The van der Waals surface area contributed by atoms with Crippen molar-refractivity contribution in [2.45, 2.75) is 18.4 Å². The van der Waals surface area contributed by atoms with Gasteiger partial charge in [0.05, 0.1) is 19.6 Å². The number of rotatable bonds is 6. The van der Waals surface area contributed by atoms with Gasteiger partial charge >= 0.3 is 5.97 Å². The van der Waals surface area contributed by atoms with Crippen LogP contribution in [0.4, 0.5) is 0 Å². The highest BCUT2D eigenvalue weighted by atomic mass is 16.5. The number of carbonyl (C=O) groups is 3. The molecule has 0 spiro atoms. The molecule has 1 heterocycles. The van der Waals surface area contributed by atoms with Gasteiger partial charge in [0.1, 0.15) is 0 Å². The first-order chi connectivity index (χ1) is 12.5. The van der Waals surface area contributed by atoms with Gasteiger partial charge in [-0.2, -0.15) is 0 Å². The van der Waals surface area contributed by atoms with Crippen molar-refractivity contribution in [1.29, 1.82) is 0 Å². The largest absolute Gasteiger partial charge is 0.479 e. The van der Waals surface area contributed by atoms with E-state index in [1.165, 1.54) is 0 Å². The predicted molar refractivity (Wildman–Crippen MR) is 94.6 cm³/mol. The molecule has 2 aromatic rings. The van der Waals surface area contributed by atoms with E-state index in [4.69, 9.17) is 4.74 Å². The summed E-state index contributed by atoms with van der Waals surface area (Å²) in [4.78, 5) is 35.6. The maximum absolute atomic E-state index is 12.2. The molecule has 2 amide bonds. The lowest BCUT2D eigenvalue weighted by molar-refractivity contribution is -0.147. The zero-order chi connectivity index (χ0) is 18.6. The fourth-order valence-corrected chi connectivity index (χ4v) is 3.06. The Hall–Kier alpha value is -2.93. The Morgan fingerprint density at radius 2 is 1.85 bits per heavy atom. The van der Waals surface area contributed by atoms with Gasteiger partial charge in [-0.1, -0.05) is 42.5 Å². The van der Waals surface area contributed by atoms with Gasteiger partial charge in [-0.15, -0.1) is 0 Å². The van der Waals surface area contributed by atoms with Crippen LogP contribution in [0.2, 0.25) is 0 Å². The number of nitrogens with one attached hydrogen (secondary N) is 2. The van der Waals surface area contributed by atoms with Crippen LogP contribution in [-0.2, 0) is 25.5 Å². The highest BCUT2D eigenvalue weighted by molar-refractivity contribution is 5.93. The van der Waals surface area contributed by atoms with Gasteiger partial charge in [-0.3, -0.25) is 9.59 Å². The molecule has 1 atom stereocenters. The Morgan fingerprint density at radius 3 is 2.58 bits per heavy atom. The molecule has 7 nitrogen and oxygen atoms in total. The van der Waals surface area contributed by atoms with Crippen LogP contribution in [-0.4, -0.2) is 48.2 Å². The minimum atomic E-state index is -1.41. The average molecular weight is 356 g/mol. The molecule has 1 aliphatic heterocycles. The first kappa shape index (κ1) is 17.9. The summed E-state index contributed by atoms with van der Waals surface area (Å²) in [5.74, 6) is -1.99. The fraction of sp³-hybridized carbons (Fsp3) is 0.316. The molecule has 0 aromatic heterocycles. The van der Waals surface area contributed by atoms with E-state index < -0.39 is 17.4 Å². The zero-order valence-electron chi connectivity index (χ0n) is 14.2. The molecule has 2 aromatic carbocycles. The van der Waals surface area contributed by atoms with Gasteiger partial charge in [-0.25, -0.2) is 4.79 Å². The maximum Gasteiger partial charge on any atom is 0.331 e. The predicted octanol–water partition coefficient (Wildman–Crippen LogP) is 0.858. The second-order valence-electron chi connectivity index (χ2n) is 6.33. The van der Waals surface area contributed by atoms with Crippen molar-refractivity contribution in [2.75, 3.05) is 19.8 Å². The lowest BCUT2D eigenvalue weighted by atomic mass is 9.99. The standard InChI is InChI=1S/C19H20N2O5/c22-16(10-14-6-3-5-13-4-1-2-7-15(13)14)20-11-17(23)21-19(18(24)25)8-9-26-12-19/h1-7H,8-12H2,(H,20,22)(H,21,23)(H,24,25). The van der Waals surface area contributed by atoms with Crippen LogP contribution in [0.5, 0.6) is 0 Å². The molecule has 0 aliphatic carbocycles. The molecule has 0 radical (unpaired) electrons. The number of carboxylic acid groups (broad SMARTS) is 1. The smallest absolute Gasteiger partial charge is 0.331 e. The van der Waals surface area contributed by atoms with Crippen LogP contribution in [0.1, 0.15) is 12.0 Å². The number of hydrogen-bond donors (Lipinski definition) is 3. The zero-order valence-corrected chi connectivity index (χ0v) is 14.2. The molecule has 1 fully saturated rings. The van der Waals surface area contributed by atoms with Gasteiger partial charge in [0.15, 0.2) is 5.54 Å². The van der Waals surface area contributed by atoms with E-state index in [2.05, 4.69) is 10.6 Å². The van der Waals surface area contributed by atoms with Crippen LogP contribution < -0.4 is 10.6 Å². The van der Waals surface area contributed by atoms with E-state index in [0.717, 1.165) is 16.3 Å². The van der Waals surface area contributed by atoms with Gasteiger partial charge in [-0.05, 0) is 16.3 Å². The second-order valence-corrected chi connectivity index (χ2v) is 6.33. The molecule has 0 saturated carbocycles. The Morgan fingerprint density at radius 1 is 1.08 bits per heavy atom. The summed E-state index contributed by atoms with van der Waals surface area (Å²) in [6.45, 7) is -0.0727. The molecular formula is C19H20N2O5. The Bertz CT molecular complexity index is 837. The highest BCUT2D eigenvalue weighted by Crippen LogP contribution is 2.19. The number of amides is 2. The first-order valence-electron chi connectivity index (χ1n) is 8.36. The quantitative estimate of drug-likeness (QED) is 0.712. The van der Waals surface area contributed by atoms with Gasteiger partial charge in [0.2, 0.25) is 11.8 Å². The number of benzene rings is 2. The summed E-state index contributed by atoms with van der Waals surface area (Å²) in [7, 11) is 0. The van der Waals surface area contributed by atoms with Crippen LogP contribution >= 0.6 is 0 Å². The number of ether oxygens (including phenoxy) is 1. The number of aliphatic carboxylic acids is 1. The molecule has 3 N–H and O–H groups in total. The third-order valence-corrected chi connectivity index (χ3v) is 4.49. The second kappa shape index (κ2) is 7.53. The number of carboxylic acids is 1. The van der Waals surface area contributed by atoms with Gasteiger partial charge in [0, 0.05) is 13.0 Å². The first-order valence-corrected chi connectivity index (χ1v) is 8.36. The van der Waals surface area contributed by atoms with E-state index in [-0.39, 0.29) is 38.5 Å². The van der Waals surface area contributed by atoms with Crippen LogP contribution in [0.15, 0.2) is 42.5 Å². The Labute approximate surface area is 150 Å². The summed E-state index contributed by atoms with van der Waals surface area (Å²) in [5.41, 5.74) is -0.538. The van der Waals surface area contributed by atoms with Gasteiger partial charge < -0.3 is 20.5 Å².